The molecule has 9 heteroatoms. The van der Waals surface area contributed by atoms with Gasteiger partial charge in [0.25, 0.3) is 0 Å². The van der Waals surface area contributed by atoms with Crippen molar-refractivity contribution in [2.75, 3.05) is 32.9 Å². The van der Waals surface area contributed by atoms with Crippen LogP contribution < -0.4 is 4.74 Å². The minimum absolute atomic E-state index is 0.0576. The molecule has 0 spiro atoms. The predicted molar refractivity (Wildman–Crippen MR) is 141 cm³/mol. The molecule has 2 heterocycles. The van der Waals surface area contributed by atoms with Crippen LogP contribution in [0, 0.1) is 24.5 Å². The third-order valence-corrected chi connectivity index (χ3v) is 6.34. The fourth-order valence-electron chi connectivity index (χ4n) is 4.53. The molecule has 38 heavy (non-hydrogen) atoms. The third-order valence-electron chi connectivity index (χ3n) is 6.34. The molecule has 1 saturated heterocycles. The minimum atomic E-state index is -0.802. The Morgan fingerprint density at radius 1 is 1.16 bits per heavy atom. The van der Waals surface area contributed by atoms with E-state index in [0.717, 1.165) is 42.8 Å². The van der Waals surface area contributed by atoms with Gasteiger partial charge in [0, 0.05) is 38.9 Å². The Kier molecular flexibility index (Phi) is 9.85. The number of para-hydroxylation sites is 1. The highest BCUT2D eigenvalue weighted by molar-refractivity contribution is 5.43. The summed E-state index contributed by atoms with van der Waals surface area (Å²) in [6.45, 7) is 8.89. The quantitative estimate of drug-likeness (QED) is 0.326. The summed E-state index contributed by atoms with van der Waals surface area (Å²) in [4.78, 5) is 2.10. The molecule has 2 aromatic carbocycles. The van der Waals surface area contributed by atoms with Gasteiger partial charge in [0.1, 0.15) is 5.82 Å². The first kappa shape index (κ1) is 28.2. The van der Waals surface area contributed by atoms with E-state index < -0.39 is 17.7 Å². The van der Waals surface area contributed by atoms with Crippen LogP contribution in [0.4, 0.5) is 8.78 Å². The molecule has 7 nitrogen and oxygen atoms in total. The lowest BCUT2D eigenvalue weighted by Crippen LogP contribution is -2.39. The summed E-state index contributed by atoms with van der Waals surface area (Å²) in [5, 5.41) is 15.5. The van der Waals surface area contributed by atoms with Crippen molar-refractivity contribution in [3.63, 3.8) is 0 Å². The molecule has 1 aromatic heterocycles. The SMILES string of the molecule is Cc1nn(-c2ccccc2)c(Oc2ccc(F)cc2F)c1CN(C[C@@H](O)COCC(C)C)C[C@H]1CCCO1. The highest BCUT2D eigenvalue weighted by atomic mass is 19.1. The number of hydrogen-bond acceptors (Lipinski definition) is 6. The Morgan fingerprint density at radius 3 is 2.63 bits per heavy atom. The molecule has 1 N–H and O–H groups in total. The van der Waals surface area contributed by atoms with E-state index in [4.69, 9.17) is 19.3 Å². The summed E-state index contributed by atoms with van der Waals surface area (Å²) in [5.41, 5.74) is 2.19. The Bertz CT molecular complexity index is 1170. The number of halogens is 2. The van der Waals surface area contributed by atoms with Crippen LogP contribution >= 0.6 is 0 Å². The molecule has 1 aliphatic heterocycles. The van der Waals surface area contributed by atoms with Crippen LogP contribution in [0.25, 0.3) is 5.69 Å². The van der Waals surface area contributed by atoms with Gasteiger partial charge in [-0.15, -0.1) is 0 Å². The summed E-state index contributed by atoms with van der Waals surface area (Å²) in [6.07, 6.45) is 1.31. The predicted octanol–water partition coefficient (Wildman–Crippen LogP) is 5.27. The topological polar surface area (TPSA) is 69.0 Å². The van der Waals surface area contributed by atoms with Crippen LogP contribution in [0.5, 0.6) is 11.6 Å². The first-order chi connectivity index (χ1) is 18.3. The number of benzene rings is 2. The van der Waals surface area contributed by atoms with Gasteiger partial charge in [0.15, 0.2) is 11.6 Å². The summed E-state index contributed by atoms with van der Waals surface area (Å²) in [7, 11) is 0. The molecular weight excluding hydrogens is 492 g/mol. The molecule has 1 aliphatic rings. The number of nitrogens with zero attached hydrogens (tertiary/aromatic N) is 3. The maximum atomic E-state index is 14.6. The number of aliphatic hydroxyl groups excluding tert-OH is 1. The monoisotopic (exact) mass is 529 g/mol. The van der Waals surface area contributed by atoms with Gasteiger partial charge < -0.3 is 19.3 Å². The smallest absolute Gasteiger partial charge is 0.227 e. The summed E-state index contributed by atoms with van der Waals surface area (Å²) >= 11 is 0. The van der Waals surface area contributed by atoms with Crippen LogP contribution in [0.1, 0.15) is 37.9 Å². The zero-order valence-electron chi connectivity index (χ0n) is 22.3. The molecule has 1 fully saturated rings. The van der Waals surface area contributed by atoms with Crippen LogP contribution in [0.2, 0.25) is 0 Å². The Balaban J connectivity index is 1.64. The molecule has 4 rings (SSSR count). The van der Waals surface area contributed by atoms with Crippen molar-refractivity contribution in [1.29, 1.82) is 0 Å². The van der Waals surface area contributed by atoms with Crippen LogP contribution in [-0.4, -0.2) is 64.9 Å². The van der Waals surface area contributed by atoms with E-state index in [2.05, 4.69) is 18.7 Å². The molecule has 0 amide bonds. The first-order valence-corrected chi connectivity index (χ1v) is 13.2. The standard InChI is InChI=1S/C29H37F2N3O4/c1-20(2)18-36-19-24(35)15-33(16-25-10-7-13-37-25)17-26-21(3)32-34(23-8-5-4-6-9-23)29(26)38-28-12-11-22(30)14-27(28)31/h4-6,8-9,11-12,14,20,24-25,35H,7,10,13,15-19H2,1-3H3/t24-,25-/m1/s1. The average molecular weight is 530 g/mol. The second kappa shape index (κ2) is 13.3. The van der Waals surface area contributed by atoms with Gasteiger partial charge in [0.2, 0.25) is 5.88 Å². The minimum Gasteiger partial charge on any atom is -0.435 e. The Morgan fingerprint density at radius 2 is 1.95 bits per heavy atom. The molecule has 0 aliphatic carbocycles. The summed E-state index contributed by atoms with van der Waals surface area (Å²) in [5.74, 6) is -0.870. The molecule has 206 valence electrons. The van der Waals surface area contributed by atoms with E-state index in [1.165, 1.54) is 6.07 Å². The van der Waals surface area contributed by atoms with E-state index in [9.17, 15) is 13.9 Å². The highest BCUT2D eigenvalue weighted by Crippen LogP contribution is 2.33. The molecular formula is C29H37F2N3O4. The van der Waals surface area contributed by atoms with Crippen molar-refractivity contribution >= 4 is 0 Å². The zero-order valence-corrected chi connectivity index (χ0v) is 22.3. The van der Waals surface area contributed by atoms with Gasteiger partial charge in [0.05, 0.1) is 35.8 Å². The first-order valence-electron chi connectivity index (χ1n) is 13.2. The summed E-state index contributed by atoms with van der Waals surface area (Å²) < 4.78 is 47.4. The largest absolute Gasteiger partial charge is 0.435 e. The number of hydrogen-bond donors (Lipinski definition) is 1. The molecule has 0 saturated carbocycles. The lowest BCUT2D eigenvalue weighted by atomic mass is 10.1. The molecule has 3 aromatic rings. The number of aryl methyl sites for hydroxylation is 1. The zero-order chi connectivity index (χ0) is 27.1. The number of rotatable bonds is 13. The highest BCUT2D eigenvalue weighted by Gasteiger charge is 2.26. The van der Waals surface area contributed by atoms with Crippen molar-refractivity contribution < 1.29 is 28.1 Å². The van der Waals surface area contributed by atoms with Gasteiger partial charge >= 0.3 is 0 Å². The third kappa shape index (κ3) is 7.60. The lowest BCUT2D eigenvalue weighted by molar-refractivity contribution is -0.00406. The number of ether oxygens (including phenoxy) is 3. The number of aromatic nitrogens is 2. The summed E-state index contributed by atoms with van der Waals surface area (Å²) in [6, 6.07) is 12.6. The Labute approximate surface area is 222 Å². The van der Waals surface area contributed by atoms with Crippen molar-refractivity contribution in [3.8, 4) is 17.3 Å². The van der Waals surface area contributed by atoms with Crippen molar-refractivity contribution in [2.45, 2.75) is 52.4 Å². The fraction of sp³-hybridized carbons (Fsp3) is 0.483. The number of aliphatic hydroxyl groups is 1. The van der Waals surface area contributed by atoms with E-state index in [1.807, 2.05) is 37.3 Å². The van der Waals surface area contributed by atoms with Crippen LogP contribution in [0.15, 0.2) is 48.5 Å². The molecule has 0 unspecified atom stereocenters. The van der Waals surface area contributed by atoms with Crippen molar-refractivity contribution in [2.24, 2.45) is 5.92 Å². The molecule has 0 bridgehead atoms. The maximum Gasteiger partial charge on any atom is 0.227 e. The molecule has 0 radical (unpaired) electrons. The van der Waals surface area contributed by atoms with Crippen LogP contribution in [-0.2, 0) is 16.0 Å². The maximum absolute atomic E-state index is 14.6. The van der Waals surface area contributed by atoms with Gasteiger partial charge in [-0.1, -0.05) is 32.0 Å². The van der Waals surface area contributed by atoms with E-state index in [1.54, 1.807) is 4.68 Å². The second-order valence-electron chi connectivity index (χ2n) is 10.2. The van der Waals surface area contributed by atoms with Gasteiger partial charge in [-0.05, 0) is 49.9 Å². The van der Waals surface area contributed by atoms with Crippen molar-refractivity contribution in [1.82, 2.24) is 14.7 Å². The second-order valence-corrected chi connectivity index (χ2v) is 10.2. The van der Waals surface area contributed by atoms with Crippen LogP contribution in [0.3, 0.4) is 0 Å². The van der Waals surface area contributed by atoms with E-state index >= 15 is 0 Å². The van der Waals surface area contributed by atoms with E-state index in [-0.39, 0.29) is 18.5 Å². The molecule has 2 atom stereocenters. The normalized spacial score (nSPS) is 16.5. The Hall–Kier alpha value is -2.85. The van der Waals surface area contributed by atoms with E-state index in [0.29, 0.717) is 43.7 Å². The van der Waals surface area contributed by atoms with Crippen molar-refractivity contribution in [3.05, 3.63) is 71.4 Å². The van der Waals surface area contributed by atoms with Gasteiger partial charge in [-0.2, -0.15) is 5.10 Å². The van der Waals surface area contributed by atoms with Gasteiger partial charge in [-0.3, -0.25) is 4.90 Å². The lowest BCUT2D eigenvalue weighted by Gasteiger charge is -2.27. The van der Waals surface area contributed by atoms with Gasteiger partial charge in [-0.25, -0.2) is 13.5 Å². The fourth-order valence-corrected chi connectivity index (χ4v) is 4.53. The average Bonchev–Trinajstić information content (AvgIpc) is 3.49.